The molecule has 0 aliphatic rings. The van der Waals surface area contributed by atoms with Crippen LogP contribution in [0.2, 0.25) is 0 Å². The lowest BCUT2D eigenvalue weighted by molar-refractivity contribution is 0.613. The second-order valence-electron chi connectivity index (χ2n) is 3.65. The molecule has 3 N–H and O–H groups in total. The molecule has 1 unspecified atom stereocenters. The van der Waals surface area contributed by atoms with Crippen LogP contribution in [0.3, 0.4) is 0 Å². The average molecular weight is 228 g/mol. The predicted molar refractivity (Wildman–Crippen MR) is 65.3 cm³/mol. The van der Waals surface area contributed by atoms with Gasteiger partial charge < -0.3 is 11.1 Å². The summed E-state index contributed by atoms with van der Waals surface area (Å²) in [6.07, 6.45) is 4.07. The lowest BCUT2D eigenvalue weighted by atomic mass is 10.2. The van der Waals surface area contributed by atoms with Gasteiger partial charge in [0.15, 0.2) is 0 Å². The molecule has 5 heteroatoms. The molecule has 1 atom stereocenters. The van der Waals surface area contributed by atoms with Crippen LogP contribution < -0.4 is 11.1 Å². The number of aryl methyl sites for hydroxylation is 1. The van der Waals surface area contributed by atoms with Gasteiger partial charge in [-0.2, -0.15) is 4.37 Å². The van der Waals surface area contributed by atoms with E-state index in [0.717, 1.165) is 43.2 Å². The van der Waals surface area contributed by atoms with Crippen molar-refractivity contribution in [3.05, 3.63) is 5.82 Å². The Hall–Kier alpha value is -0.680. The van der Waals surface area contributed by atoms with Gasteiger partial charge in [0.25, 0.3) is 0 Å². The topological polar surface area (TPSA) is 63.8 Å². The molecular weight excluding hydrogens is 208 g/mol. The van der Waals surface area contributed by atoms with Crippen LogP contribution in [0.4, 0.5) is 5.13 Å². The maximum Gasteiger partial charge on any atom is 0.202 e. The highest BCUT2D eigenvalue weighted by atomic mass is 32.1. The van der Waals surface area contributed by atoms with Crippen molar-refractivity contribution in [1.82, 2.24) is 9.36 Å². The highest BCUT2D eigenvalue weighted by molar-refractivity contribution is 7.09. The average Bonchev–Trinajstić information content (AvgIpc) is 2.66. The number of hydrogen-bond acceptors (Lipinski definition) is 5. The zero-order valence-corrected chi connectivity index (χ0v) is 10.3. The quantitative estimate of drug-likeness (QED) is 0.749. The van der Waals surface area contributed by atoms with Crippen molar-refractivity contribution in [2.45, 2.75) is 45.6 Å². The van der Waals surface area contributed by atoms with Crippen molar-refractivity contribution in [3.8, 4) is 0 Å². The maximum absolute atomic E-state index is 5.82. The van der Waals surface area contributed by atoms with Crippen molar-refractivity contribution in [2.24, 2.45) is 5.73 Å². The third-order valence-electron chi connectivity index (χ3n) is 2.26. The Morgan fingerprint density at radius 3 is 2.93 bits per heavy atom. The monoisotopic (exact) mass is 228 g/mol. The fourth-order valence-corrected chi connectivity index (χ4v) is 1.86. The van der Waals surface area contributed by atoms with Gasteiger partial charge in [0.2, 0.25) is 5.13 Å². The molecule has 0 amide bonds. The fraction of sp³-hybridized carbons (Fsp3) is 0.800. The number of rotatable bonds is 7. The Morgan fingerprint density at radius 1 is 1.47 bits per heavy atom. The van der Waals surface area contributed by atoms with E-state index in [1.54, 1.807) is 0 Å². The molecular formula is C10H20N4S. The Balaban J connectivity index is 2.25. The van der Waals surface area contributed by atoms with Gasteiger partial charge in [-0.15, -0.1) is 0 Å². The molecule has 86 valence electrons. The zero-order valence-electron chi connectivity index (χ0n) is 9.49. The van der Waals surface area contributed by atoms with Gasteiger partial charge in [0.1, 0.15) is 5.82 Å². The zero-order chi connectivity index (χ0) is 11.1. The number of nitrogens with one attached hydrogen (secondary N) is 1. The second kappa shape index (κ2) is 6.74. The Bertz CT molecular complexity index is 274. The summed E-state index contributed by atoms with van der Waals surface area (Å²) in [5.74, 6) is 0.949. The van der Waals surface area contributed by atoms with Gasteiger partial charge in [0.05, 0.1) is 0 Å². The van der Waals surface area contributed by atoms with Gasteiger partial charge in [-0.25, -0.2) is 4.98 Å². The molecule has 0 saturated carbocycles. The van der Waals surface area contributed by atoms with Crippen LogP contribution in [-0.4, -0.2) is 21.9 Å². The second-order valence-corrected chi connectivity index (χ2v) is 4.40. The van der Waals surface area contributed by atoms with Crippen molar-refractivity contribution < 1.29 is 0 Å². The van der Waals surface area contributed by atoms with Crippen LogP contribution in [0.1, 0.15) is 38.9 Å². The summed E-state index contributed by atoms with van der Waals surface area (Å²) in [6.45, 7) is 5.12. The molecule has 15 heavy (non-hydrogen) atoms. The fourth-order valence-electron chi connectivity index (χ4n) is 1.22. The standard InChI is InChI=1S/C10H20N4S/c1-3-5-9-13-10(15-14-9)12-7-6-8(11)4-2/h8H,3-7,11H2,1-2H3,(H,12,13,14). The minimum atomic E-state index is 0.292. The van der Waals surface area contributed by atoms with E-state index in [9.17, 15) is 0 Å². The number of nitrogens with zero attached hydrogens (tertiary/aromatic N) is 2. The van der Waals surface area contributed by atoms with E-state index >= 15 is 0 Å². The summed E-state index contributed by atoms with van der Waals surface area (Å²) in [6, 6.07) is 0.292. The predicted octanol–water partition coefficient (Wildman–Crippen LogP) is 2.03. The summed E-state index contributed by atoms with van der Waals surface area (Å²) in [7, 11) is 0. The number of hydrogen-bond donors (Lipinski definition) is 2. The first-order valence-corrected chi connectivity index (χ1v) is 6.35. The molecule has 0 fully saturated rings. The molecule has 0 radical (unpaired) electrons. The van der Waals surface area contributed by atoms with E-state index in [1.165, 1.54) is 11.5 Å². The normalized spacial score (nSPS) is 12.7. The SMILES string of the molecule is CCCc1nsc(NCCC(N)CC)n1. The van der Waals surface area contributed by atoms with Crippen LogP contribution in [0.15, 0.2) is 0 Å². The lowest BCUT2D eigenvalue weighted by Crippen LogP contribution is -2.22. The largest absolute Gasteiger partial charge is 0.360 e. The summed E-state index contributed by atoms with van der Waals surface area (Å²) >= 11 is 1.44. The number of aromatic nitrogens is 2. The smallest absolute Gasteiger partial charge is 0.202 e. The van der Waals surface area contributed by atoms with Gasteiger partial charge in [-0.1, -0.05) is 13.8 Å². The molecule has 1 aromatic heterocycles. The summed E-state index contributed by atoms with van der Waals surface area (Å²) in [5, 5.41) is 4.17. The van der Waals surface area contributed by atoms with Crippen molar-refractivity contribution in [3.63, 3.8) is 0 Å². The summed E-state index contributed by atoms with van der Waals surface area (Å²) in [5.41, 5.74) is 5.82. The van der Waals surface area contributed by atoms with E-state index in [0.29, 0.717) is 6.04 Å². The third-order valence-corrected chi connectivity index (χ3v) is 2.97. The van der Waals surface area contributed by atoms with Crippen LogP contribution in [0.5, 0.6) is 0 Å². The van der Waals surface area contributed by atoms with Crippen molar-refractivity contribution in [2.75, 3.05) is 11.9 Å². The Kier molecular flexibility index (Phi) is 5.57. The molecule has 1 rings (SSSR count). The summed E-state index contributed by atoms with van der Waals surface area (Å²) < 4.78 is 4.26. The van der Waals surface area contributed by atoms with E-state index < -0.39 is 0 Å². The van der Waals surface area contributed by atoms with Gasteiger partial charge in [-0.05, 0) is 19.3 Å². The minimum absolute atomic E-state index is 0.292. The molecule has 0 aromatic carbocycles. The summed E-state index contributed by atoms with van der Waals surface area (Å²) in [4.78, 5) is 4.38. The molecule has 0 saturated heterocycles. The lowest BCUT2D eigenvalue weighted by Gasteiger charge is -2.07. The van der Waals surface area contributed by atoms with Gasteiger partial charge in [0, 0.05) is 30.5 Å². The van der Waals surface area contributed by atoms with Crippen molar-refractivity contribution in [1.29, 1.82) is 0 Å². The molecule has 4 nitrogen and oxygen atoms in total. The first kappa shape index (κ1) is 12.4. The molecule has 1 heterocycles. The third kappa shape index (κ3) is 4.57. The molecule has 0 aliphatic carbocycles. The molecule has 0 spiro atoms. The van der Waals surface area contributed by atoms with Gasteiger partial charge in [-0.3, -0.25) is 0 Å². The van der Waals surface area contributed by atoms with E-state index in [1.807, 2.05) is 0 Å². The molecule has 1 aromatic rings. The maximum atomic E-state index is 5.82. The first-order valence-electron chi connectivity index (χ1n) is 5.58. The van der Waals surface area contributed by atoms with E-state index in [2.05, 4.69) is 28.5 Å². The highest BCUT2D eigenvalue weighted by Gasteiger charge is 2.03. The Labute approximate surface area is 95.5 Å². The number of anilines is 1. The van der Waals surface area contributed by atoms with E-state index in [-0.39, 0.29) is 0 Å². The van der Waals surface area contributed by atoms with Crippen molar-refractivity contribution >= 4 is 16.7 Å². The molecule has 0 aliphatic heterocycles. The minimum Gasteiger partial charge on any atom is -0.360 e. The van der Waals surface area contributed by atoms with Crippen LogP contribution >= 0.6 is 11.5 Å². The van der Waals surface area contributed by atoms with Crippen LogP contribution in [0.25, 0.3) is 0 Å². The molecule has 0 bridgehead atoms. The van der Waals surface area contributed by atoms with Gasteiger partial charge >= 0.3 is 0 Å². The van der Waals surface area contributed by atoms with E-state index in [4.69, 9.17) is 5.73 Å². The number of nitrogens with two attached hydrogens (primary N) is 1. The Morgan fingerprint density at radius 2 is 2.27 bits per heavy atom. The first-order chi connectivity index (χ1) is 7.26. The van der Waals surface area contributed by atoms with Crippen LogP contribution in [0, 0.1) is 0 Å². The van der Waals surface area contributed by atoms with Crippen LogP contribution in [-0.2, 0) is 6.42 Å². The highest BCUT2D eigenvalue weighted by Crippen LogP contribution is 2.12.